The van der Waals surface area contributed by atoms with Gasteiger partial charge in [-0.2, -0.15) is 0 Å². The van der Waals surface area contributed by atoms with Crippen LogP contribution in [0.3, 0.4) is 0 Å². The molecule has 1 unspecified atom stereocenters. The number of anilines is 2. The lowest BCUT2D eigenvalue weighted by Gasteiger charge is -2.33. The molecular weight excluding hydrogens is 496 g/mol. The number of nitrogen functional groups attached to an aromatic ring is 2. The number of likely N-dealkylation sites (tertiary alicyclic amines) is 1. The van der Waals surface area contributed by atoms with Crippen LogP contribution in [0.2, 0.25) is 5.15 Å². The van der Waals surface area contributed by atoms with E-state index in [0.29, 0.717) is 12.3 Å². The molecule has 1 saturated heterocycles. The van der Waals surface area contributed by atoms with Crippen molar-refractivity contribution in [3.63, 3.8) is 0 Å². The number of benzene rings is 1. The van der Waals surface area contributed by atoms with Crippen LogP contribution in [0.4, 0.5) is 11.6 Å². The molecule has 12 heteroatoms. The summed E-state index contributed by atoms with van der Waals surface area (Å²) in [4.78, 5) is 36.7. The molecule has 1 aromatic carbocycles. The van der Waals surface area contributed by atoms with Crippen LogP contribution in [-0.4, -0.2) is 91.0 Å². The lowest BCUT2D eigenvalue weighted by atomic mass is 10.0. The third-order valence-electron chi connectivity index (χ3n) is 6.07. The van der Waals surface area contributed by atoms with Crippen LogP contribution in [-0.2, 0) is 11.2 Å². The van der Waals surface area contributed by atoms with Crippen molar-refractivity contribution in [2.75, 3.05) is 64.9 Å². The van der Waals surface area contributed by atoms with E-state index in [1.54, 1.807) is 0 Å². The Labute approximate surface area is 222 Å². The van der Waals surface area contributed by atoms with Crippen LogP contribution in [0.5, 0.6) is 5.75 Å². The highest BCUT2D eigenvalue weighted by atomic mass is 35.5. The fourth-order valence-electron chi connectivity index (χ4n) is 4.12. The van der Waals surface area contributed by atoms with Gasteiger partial charge in [0.05, 0.1) is 0 Å². The largest absolute Gasteiger partial charge is 0.484 e. The van der Waals surface area contributed by atoms with Gasteiger partial charge < -0.3 is 36.6 Å². The molecule has 2 heterocycles. The molecule has 3 rings (SSSR count). The minimum atomic E-state index is -0.396. The number of likely N-dealkylation sites (N-methyl/N-ethyl adjacent to an activating group) is 1. The van der Waals surface area contributed by atoms with E-state index < -0.39 is 5.91 Å². The Kier molecular flexibility index (Phi) is 10.7. The van der Waals surface area contributed by atoms with Crippen LogP contribution < -0.4 is 26.8 Å². The number of piperidine rings is 1. The second-order valence-corrected chi connectivity index (χ2v) is 9.79. The van der Waals surface area contributed by atoms with Gasteiger partial charge >= 0.3 is 0 Å². The number of nitrogens with two attached hydrogens (primary N) is 2. The fraction of sp³-hybridized carbons (Fsp3) is 0.520. The highest BCUT2D eigenvalue weighted by Crippen LogP contribution is 2.19. The summed E-state index contributed by atoms with van der Waals surface area (Å²) in [6.45, 7) is 4.06. The van der Waals surface area contributed by atoms with Gasteiger partial charge in [-0.05, 0) is 70.6 Å². The first-order valence-corrected chi connectivity index (χ1v) is 12.8. The molecule has 0 saturated carbocycles. The first-order valence-electron chi connectivity index (χ1n) is 12.5. The summed E-state index contributed by atoms with van der Waals surface area (Å²) < 4.78 is 5.58. The summed E-state index contributed by atoms with van der Waals surface area (Å²) >= 11 is 5.90. The standard InChI is InChI=1S/C25H37ClN8O3/c1-33(2)14-11-29-20(35)16-37-19-9-7-17(8-10-19)5-3-12-34-13-4-6-18(15-34)30-25(36)21-23(27)32-24(28)22(26)31-21/h7-10,18H,3-6,11-16H2,1-2H3,(H,29,35)(H,30,36)(H4,27,28,32). The number of hydrogen-bond acceptors (Lipinski definition) is 9. The van der Waals surface area contributed by atoms with Crippen LogP contribution >= 0.6 is 11.6 Å². The Morgan fingerprint density at radius 2 is 1.95 bits per heavy atom. The van der Waals surface area contributed by atoms with E-state index in [9.17, 15) is 9.59 Å². The Hall–Kier alpha value is -3.15. The third kappa shape index (κ3) is 9.34. The van der Waals surface area contributed by atoms with Gasteiger partial charge in [0.1, 0.15) is 5.75 Å². The van der Waals surface area contributed by atoms with E-state index >= 15 is 0 Å². The zero-order chi connectivity index (χ0) is 26.8. The van der Waals surface area contributed by atoms with Gasteiger partial charge in [0, 0.05) is 25.7 Å². The van der Waals surface area contributed by atoms with E-state index in [1.165, 1.54) is 5.56 Å². The number of aromatic nitrogens is 2. The Balaban J connectivity index is 1.37. The van der Waals surface area contributed by atoms with Gasteiger partial charge in [0.15, 0.2) is 29.1 Å². The van der Waals surface area contributed by atoms with Crippen molar-refractivity contribution in [3.05, 3.63) is 40.7 Å². The predicted octanol–water partition coefficient (Wildman–Crippen LogP) is 1.18. The number of rotatable bonds is 12. The number of ether oxygens (including phenoxy) is 1. The molecule has 202 valence electrons. The maximum Gasteiger partial charge on any atom is 0.274 e. The lowest BCUT2D eigenvalue weighted by molar-refractivity contribution is -0.123. The Bertz CT molecular complexity index is 1050. The van der Waals surface area contributed by atoms with Crippen LogP contribution in [0, 0.1) is 0 Å². The Morgan fingerprint density at radius 3 is 2.68 bits per heavy atom. The number of carbonyl (C=O) groups is 2. The van der Waals surface area contributed by atoms with Gasteiger partial charge in [-0.1, -0.05) is 23.7 Å². The fourth-order valence-corrected chi connectivity index (χ4v) is 4.24. The first kappa shape index (κ1) is 28.4. The zero-order valence-corrected chi connectivity index (χ0v) is 22.3. The van der Waals surface area contributed by atoms with Crippen molar-refractivity contribution in [2.45, 2.75) is 31.7 Å². The highest BCUT2D eigenvalue weighted by Gasteiger charge is 2.24. The summed E-state index contributed by atoms with van der Waals surface area (Å²) in [7, 11) is 3.92. The molecule has 0 bridgehead atoms. The normalized spacial score (nSPS) is 15.9. The van der Waals surface area contributed by atoms with E-state index in [2.05, 4.69) is 25.5 Å². The Morgan fingerprint density at radius 1 is 1.19 bits per heavy atom. The molecule has 2 amide bonds. The molecule has 2 aromatic rings. The smallest absolute Gasteiger partial charge is 0.274 e. The van der Waals surface area contributed by atoms with E-state index in [-0.39, 0.29) is 41.0 Å². The number of halogens is 1. The molecule has 6 N–H and O–H groups in total. The van der Waals surface area contributed by atoms with Gasteiger partial charge in [0.25, 0.3) is 11.8 Å². The van der Waals surface area contributed by atoms with Gasteiger partial charge in [-0.25, -0.2) is 9.97 Å². The number of amides is 2. The number of carbonyl (C=O) groups excluding carboxylic acids is 2. The lowest BCUT2D eigenvalue weighted by Crippen LogP contribution is -2.48. The monoisotopic (exact) mass is 532 g/mol. The van der Waals surface area contributed by atoms with Gasteiger partial charge in [0.2, 0.25) is 0 Å². The minimum Gasteiger partial charge on any atom is -0.484 e. The van der Waals surface area contributed by atoms with Crippen LogP contribution in [0.25, 0.3) is 0 Å². The highest BCUT2D eigenvalue weighted by molar-refractivity contribution is 6.31. The minimum absolute atomic E-state index is 0.000263. The van der Waals surface area contributed by atoms with Gasteiger partial charge in [-0.3, -0.25) is 9.59 Å². The molecule has 1 fully saturated rings. The number of aryl methyl sites for hydroxylation is 1. The van der Waals surface area contributed by atoms with Crippen molar-refractivity contribution in [3.8, 4) is 5.75 Å². The molecular formula is C25H37ClN8O3. The zero-order valence-electron chi connectivity index (χ0n) is 21.5. The average molecular weight is 533 g/mol. The number of nitrogens with zero attached hydrogens (tertiary/aromatic N) is 4. The molecule has 1 aromatic heterocycles. The maximum absolute atomic E-state index is 12.6. The van der Waals surface area contributed by atoms with E-state index in [1.807, 2.05) is 43.3 Å². The van der Waals surface area contributed by atoms with Crippen LogP contribution in [0.15, 0.2) is 24.3 Å². The molecule has 0 radical (unpaired) electrons. The summed E-state index contributed by atoms with van der Waals surface area (Å²) in [6, 6.07) is 7.85. The summed E-state index contributed by atoms with van der Waals surface area (Å²) in [5.41, 5.74) is 12.6. The maximum atomic E-state index is 12.6. The predicted molar refractivity (Wildman–Crippen MR) is 145 cm³/mol. The average Bonchev–Trinajstić information content (AvgIpc) is 2.85. The molecule has 1 aliphatic heterocycles. The quantitative estimate of drug-likeness (QED) is 0.315. The number of nitrogens with one attached hydrogen (secondary N) is 2. The summed E-state index contributed by atoms with van der Waals surface area (Å²) in [5, 5.41) is 5.79. The third-order valence-corrected chi connectivity index (χ3v) is 6.35. The topological polar surface area (TPSA) is 152 Å². The molecule has 1 aliphatic rings. The second-order valence-electron chi connectivity index (χ2n) is 9.44. The van der Waals surface area contributed by atoms with Crippen molar-refractivity contribution in [1.29, 1.82) is 0 Å². The molecule has 1 atom stereocenters. The summed E-state index contributed by atoms with van der Waals surface area (Å²) in [5.74, 6) is 0.114. The molecule has 0 spiro atoms. The molecule has 11 nitrogen and oxygen atoms in total. The first-order chi connectivity index (χ1) is 17.7. The molecule has 37 heavy (non-hydrogen) atoms. The van der Waals surface area contributed by atoms with Crippen molar-refractivity contribution in [1.82, 2.24) is 30.4 Å². The van der Waals surface area contributed by atoms with Crippen molar-refractivity contribution in [2.24, 2.45) is 0 Å². The molecule has 0 aliphatic carbocycles. The van der Waals surface area contributed by atoms with E-state index in [0.717, 1.165) is 51.9 Å². The van der Waals surface area contributed by atoms with Crippen molar-refractivity contribution >= 4 is 35.1 Å². The second kappa shape index (κ2) is 14.0. The summed E-state index contributed by atoms with van der Waals surface area (Å²) in [6.07, 6.45) is 3.78. The van der Waals surface area contributed by atoms with Gasteiger partial charge in [-0.15, -0.1) is 0 Å². The number of hydrogen-bond donors (Lipinski definition) is 4. The van der Waals surface area contributed by atoms with Crippen molar-refractivity contribution < 1.29 is 14.3 Å². The SMILES string of the molecule is CN(C)CCNC(=O)COc1ccc(CCCN2CCCC(NC(=O)c3nc(Cl)c(N)nc3N)C2)cc1. The van der Waals surface area contributed by atoms with Crippen LogP contribution in [0.1, 0.15) is 35.3 Å². The van der Waals surface area contributed by atoms with E-state index in [4.69, 9.17) is 27.8 Å².